The lowest BCUT2D eigenvalue weighted by Gasteiger charge is -2.21. The third-order valence-electron chi connectivity index (χ3n) is 3.68. The number of benzene rings is 2. The molecule has 2 aromatic carbocycles. The van der Waals surface area contributed by atoms with E-state index >= 15 is 0 Å². The van der Waals surface area contributed by atoms with Crippen LogP contribution in [0.1, 0.15) is 18.5 Å². The first-order chi connectivity index (χ1) is 10.5. The minimum atomic E-state index is -0.0568. The fraction of sp³-hybridized carbons (Fsp3) is 0.235. The number of rotatable bonds is 5. The first-order valence-electron chi connectivity index (χ1n) is 7.09. The molecule has 0 spiro atoms. The monoisotopic (exact) mass is 337 g/mol. The van der Waals surface area contributed by atoms with Crippen molar-refractivity contribution in [2.24, 2.45) is 0 Å². The van der Waals surface area contributed by atoms with E-state index in [0.717, 1.165) is 4.90 Å². The largest absolute Gasteiger partial charge is 0.324 e. The molecular weight excluding hydrogens is 319 g/mol. The molecule has 0 aliphatic rings. The fourth-order valence-corrected chi connectivity index (χ4v) is 2.51. The molecule has 1 amide bonds. The molecule has 2 atom stereocenters. The standard InChI is InChI=1S/C17H18Cl2N2O/c1-12(13-6-4-3-5-7-13)21(2)11-17(22)20-14-8-9-15(18)16(19)10-14/h3-10,12H,11H2,1-2H3,(H,20,22)/p+1/t12-/m0/s1. The van der Waals surface area contributed by atoms with Crippen LogP contribution < -0.4 is 10.2 Å². The fourth-order valence-electron chi connectivity index (χ4n) is 2.21. The van der Waals surface area contributed by atoms with Gasteiger partial charge in [-0.05, 0) is 25.1 Å². The van der Waals surface area contributed by atoms with Crippen molar-refractivity contribution in [2.45, 2.75) is 13.0 Å². The van der Waals surface area contributed by atoms with E-state index in [4.69, 9.17) is 23.2 Å². The summed E-state index contributed by atoms with van der Waals surface area (Å²) in [4.78, 5) is 13.3. The highest BCUT2D eigenvalue weighted by atomic mass is 35.5. The number of carbonyl (C=O) groups excluding carboxylic acids is 1. The Bertz CT molecular complexity index is 646. The molecule has 0 heterocycles. The lowest BCUT2D eigenvalue weighted by atomic mass is 10.1. The Morgan fingerprint density at radius 2 is 1.82 bits per heavy atom. The highest BCUT2D eigenvalue weighted by Crippen LogP contribution is 2.24. The Balaban J connectivity index is 1.95. The van der Waals surface area contributed by atoms with E-state index in [1.54, 1.807) is 18.2 Å². The zero-order valence-electron chi connectivity index (χ0n) is 12.6. The van der Waals surface area contributed by atoms with Crippen LogP contribution in [0, 0.1) is 0 Å². The lowest BCUT2D eigenvalue weighted by Crippen LogP contribution is -3.10. The third kappa shape index (κ3) is 4.47. The summed E-state index contributed by atoms with van der Waals surface area (Å²) in [6.07, 6.45) is 0. The Hall–Kier alpha value is -1.55. The van der Waals surface area contributed by atoms with Crippen LogP contribution in [0.25, 0.3) is 0 Å². The minimum absolute atomic E-state index is 0.0568. The summed E-state index contributed by atoms with van der Waals surface area (Å²) in [7, 11) is 2.01. The number of quaternary nitrogens is 1. The van der Waals surface area contributed by atoms with E-state index in [0.29, 0.717) is 22.3 Å². The summed E-state index contributed by atoms with van der Waals surface area (Å²) in [5.41, 5.74) is 1.86. The lowest BCUT2D eigenvalue weighted by molar-refractivity contribution is -0.902. The molecule has 2 aromatic rings. The maximum absolute atomic E-state index is 12.1. The molecule has 2 N–H and O–H groups in total. The van der Waals surface area contributed by atoms with Crippen LogP contribution in [0.15, 0.2) is 48.5 Å². The van der Waals surface area contributed by atoms with Gasteiger partial charge in [0.25, 0.3) is 5.91 Å². The highest BCUT2D eigenvalue weighted by molar-refractivity contribution is 6.42. The number of carbonyl (C=O) groups is 1. The van der Waals surface area contributed by atoms with Crippen molar-refractivity contribution in [1.29, 1.82) is 0 Å². The SMILES string of the molecule is C[C@@H](c1ccccc1)[NH+](C)CC(=O)Nc1ccc(Cl)c(Cl)c1. The number of amides is 1. The number of anilines is 1. The maximum Gasteiger partial charge on any atom is 0.279 e. The molecule has 1 unspecified atom stereocenters. The Morgan fingerprint density at radius 1 is 1.14 bits per heavy atom. The van der Waals surface area contributed by atoms with Gasteiger partial charge in [-0.3, -0.25) is 4.79 Å². The highest BCUT2D eigenvalue weighted by Gasteiger charge is 2.18. The predicted octanol–water partition coefficient (Wildman–Crippen LogP) is 3.21. The number of hydrogen-bond donors (Lipinski definition) is 2. The first-order valence-corrected chi connectivity index (χ1v) is 7.85. The van der Waals surface area contributed by atoms with E-state index in [1.807, 2.05) is 25.2 Å². The molecule has 2 rings (SSSR count). The van der Waals surface area contributed by atoms with Gasteiger partial charge >= 0.3 is 0 Å². The van der Waals surface area contributed by atoms with Crippen molar-refractivity contribution in [2.75, 3.05) is 18.9 Å². The number of likely N-dealkylation sites (N-methyl/N-ethyl adjacent to an activating group) is 1. The van der Waals surface area contributed by atoms with Gasteiger partial charge in [0, 0.05) is 11.3 Å². The maximum atomic E-state index is 12.1. The molecule has 5 heteroatoms. The number of hydrogen-bond acceptors (Lipinski definition) is 1. The van der Waals surface area contributed by atoms with Crippen molar-refractivity contribution in [3.05, 3.63) is 64.1 Å². The number of nitrogens with one attached hydrogen (secondary N) is 2. The third-order valence-corrected chi connectivity index (χ3v) is 4.42. The van der Waals surface area contributed by atoms with Gasteiger partial charge in [0.2, 0.25) is 0 Å². The van der Waals surface area contributed by atoms with Crippen molar-refractivity contribution in [3.8, 4) is 0 Å². The van der Waals surface area contributed by atoms with Gasteiger partial charge in [-0.2, -0.15) is 0 Å². The summed E-state index contributed by atoms with van der Waals surface area (Å²) >= 11 is 11.8. The van der Waals surface area contributed by atoms with E-state index in [-0.39, 0.29) is 11.9 Å². The summed E-state index contributed by atoms with van der Waals surface area (Å²) in [6, 6.07) is 15.4. The smallest absolute Gasteiger partial charge is 0.279 e. The Labute approximate surface area is 140 Å². The molecule has 0 aliphatic heterocycles. The predicted molar refractivity (Wildman–Crippen MR) is 91.7 cm³/mol. The summed E-state index contributed by atoms with van der Waals surface area (Å²) < 4.78 is 0. The molecule has 0 aliphatic carbocycles. The molecular formula is C17H19Cl2N2O+. The van der Waals surface area contributed by atoms with Crippen LogP contribution in [-0.2, 0) is 4.79 Å². The van der Waals surface area contributed by atoms with Crippen molar-refractivity contribution < 1.29 is 9.69 Å². The average molecular weight is 338 g/mol. The molecule has 0 fully saturated rings. The van der Waals surface area contributed by atoms with E-state index < -0.39 is 0 Å². The van der Waals surface area contributed by atoms with E-state index in [1.165, 1.54) is 5.56 Å². The van der Waals surface area contributed by atoms with Gasteiger partial charge in [0.15, 0.2) is 6.54 Å². The number of halogens is 2. The van der Waals surface area contributed by atoms with Crippen molar-refractivity contribution in [1.82, 2.24) is 0 Å². The van der Waals surface area contributed by atoms with Crippen LogP contribution in [0.3, 0.4) is 0 Å². The van der Waals surface area contributed by atoms with Gasteiger partial charge in [-0.25, -0.2) is 0 Å². The van der Waals surface area contributed by atoms with Crippen LogP contribution in [0.2, 0.25) is 10.0 Å². The van der Waals surface area contributed by atoms with Crippen molar-refractivity contribution >= 4 is 34.8 Å². The quantitative estimate of drug-likeness (QED) is 0.862. The van der Waals surface area contributed by atoms with Gasteiger partial charge in [0.1, 0.15) is 6.04 Å². The van der Waals surface area contributed by atoms with Gasteiger partial charge in [0.05, 0.1) is 17.1 Å². The molecule has 3 nitrogen and oxygen atoms in total. The Morgan fingerprint density at radius 3 is 2.45 bits per heavy atom. The summed E-state index contributed by atoms with van der Waals surface area (Å²) in [5.74, 6) is -0.0568. The van der Waals surface area contributed by atoms with E-state index in [2.05, 4.69) is 24.4 Å². The topological polar surface area (TPSA) is 33.5 Å². The van der Waals surface area contributed by atoms with E-state index in [9.17, 15) is 4.79 Å². The molecule has 116 valence electrons. The molecule has 22 heavy (non-hydrogen) atoms. The van der Waals surface area contributed by atoms with Crippen LogP contribution in [0.5, 0.6) is 0 Å². The molecule has 0 saturated heterocycles. The first kappa shape index (κ1) is 16.8. The van der Waals surface area contributed by atoms with Gasteiger partial charge in [-0.15, -0.1) is 0 Å². The summed E-state index contributed by atoms with van der Waals surface area (Å²) in [5, 5.41) is 3.75. The van der Waals surface area contributed by atoms with Crippen LogP contribution >= 0.6 is 23.2 Å². The van der Waals surface area contributed by atoms with Gasteiger partial charge < -0.3 is 10.2 Å². The molecule has 0 bridgehead atoms. The van der Waals surface area contributed by atoms with Gasteiger partial charge in [-0.1, -0.05) is 53.5 Å². The second kappa shape index (κ2) is 7.63. The van der Waals surface area contributed by atoms with Crippen LogP contribution in [0.4, 0.5) is 5.69 Å². The van der Waals surface area contributed by atoms with Crippen molar-refractivity contribution in [3.63, 3.8) is 0 Å². The minimum Gasteiger partial charge on any atom is -0.324 e. The van der Waals surface area contributed by atoms with Crippen LogP contribution in [-0.4, -0.2) is 19.5 Å². The summed E-state index contributed by atoms with van der Waals surface area (Å²) in [6.45, 7) is 2.48. The second-order valence-corrected chi connectivity index (χ2v) is 6.15. The Kier molecular flexibility index (Phi) is 5.83. The normalized spacial score (nSPS) is 13.5. The molecule has 0 aromatic heterocycles. The zero-order chi connectivity index (χ0) is 16.1. The molecule has 0 saturated carbocycles. The average Bonchev–Trinajstić information content (AvgIpc) is 2.51. The second-order valence-electron chi connectivity index (χ2n) is 5.33. The zero-order valence-corrected chi connectivity index (χ0v) is 14.1. The molecule has 0 radical (unpaired) electrons.